The highest BCUT2D eigenvalue weighted by Crippen LogP contribution is 2.10. The summed E-state index contributed by atoms with van der Waals surface area (Å²) >= 11 is 5.75. The van der Waals surface area contributed by atoms with Crippen molar-refractivity contribution in [3.8, 4) is 0 Å². The molecular weight excluding hydrogens is 170 g/mol. The number of nitrogens with zero attached hydrogens (tertiary/aromatic N) is 1. The topological polar surface area (TPSA) is 3.24 Å². The van der Waals surface area contributed by atoms with Crippen molar-refractivity contribution in [1.82, 2.24) is 4.90 Å². The predicted octanol–water partition coefficient (Wildman–Crippen LogP) is 2.84. The van der Waals surface area contributed by atoms with Gasteiger partial charge in [0, 0.05) is 18.5 Å². The van der Waals surface area contributed by atoms with Crippen LogP contribution in [-0.4, -0.2) is 30.4 Å². The van der Waals surface area contributed by atoms with Gasteiger partial charge in [0.25, 0.3) is 0 Å². The number of hydrogen-bond acceptors (Lipinski definition) is 1. The zero-order chi connectivity index (χ0) is 9.72. The molecule has 0 bridgehead atoms. The van der Waals surface area contributed by atoms with Gasteiger partial charge in [-0.3, -0.25) is 0 Å². The molecule has 0 aliphatic heterocycles. The molecule has 0 aliphatic carbocycles. The molecule has 0 aliphatic rings. The van der Waals surface area contributed by atoms with E-state index in [1.54, 1.807) is 0 Å². The minimum Gasteiger partial charge on any atom is -0.303 e. The molecular formula is C10H22ClN. The van der Waals surface area contributed by atoms with Crippen molar-refractivity contribution < 1.29 is 0 Å². The molecule has 0 N–H and O–H groups in total. The summed E-state index contributed by atoms with van der Waals surface area (Å²) in [6.45, 7) is 10.1. The first-order valence-corrected chi connectivity index (χ1v) is 5.28. The number of hydrogen-bond donors (Lipinski definition) is 0. The summed E-state index contributed by atoms with van der Waals surface area (Å²) < 4.78 is 0. The highest BCUT2D eigenvalue weighted by Gasteiger charge is 2.14. The van der Waals surface area contributed by atoms with Crippen molar-refractivity contribution in [3.63, 3.8) is 0 Å². The van der Waals surface area contributed by atoms with Gasteiger partial charge in [-0.2, -0.15) is 0 Å². The van der Waals surface area contributed by atoms with E-state index in [0.29, 0.717) is 12.0 Å². The van der Waals surface area contributed by atoms with Crippen LogP contribution < -0.4 is 0 Å². The minimum absolute atomic E-state index is 0.595. The van der Waals surface area contributed by atoms with Crippen LogP contribution in [0.2, 0.25) is 0 Å². The fraction of sp³-hybridized carbons (Fsp3) is 1.00. The summed E-state index contributed by atoms with van der Waals surface area (Å²) in [6, 6.07) is 0.649. The monoisotopic (exact) mass is 191 g/mol. The maximum absolute atomic E-state index is 5.75. The molecule has 0 aromatic rings. The van der Waals surface area contributed by atoms with E-state index in [1.165, 1.54) is 0 Å². The Labute approximate surface area is 82.1 Å². The van der Waals surface area contributed by atoms with E-state index < -0.39 is 0 Å². The van der Waals surface area contributed by atoms with Gasteiger partial charge in [0.15, 0.2) is 0 Å². The fourth-order valence-electron chi connectivity index (χ4n) is 1.22. The number of halogens is 1. The van der Waals surface area contributed by atoms with Crippen LogP contribution in [0.5, 0.6) is 0 Å². The summed E-state index contributed by atoms with van der Waals surface area (Å²) in [6.07, 6.45) is 0. The number of rotatable bonds is 5. The Hall–Kier alpha value is 0.250. The molecule has 74 valence electrons. The van der Waals surface area contributed by atoms with E-state index in [2.05, 4.69) is 39.6 Å². The Bertz CT molecular complexity index is 114. The maximum Gasteiger partial charge on any atom is 0.0261 e. The minimum atomic E-state index is 0.595. The molecule has 2 heteroatoms. The standard InChI is InChI=1S/C10H22ClN/c1-8(2)10(4)12(5)7-9(3)6-11/h8-10H,6-7H2,1-5H3. The Kier molecular flexibility index (Phi) is 5.94. The molecule has 12 heavy (non-hydrogen) atoms. The fourth-order valence-corrected chi connectivity index (χ4v) is 1.31. The highest BCUT2D eigenvalue weighted by molar-refractivity contribution is 6.18. The molecule has 0 fully saturated rings. The zero-order valence-corrected chi connectivity index (χ0v) is 9.73. The van der Waals surface area contributed by atoms with Gasteiger partial charge in [0.1, 0.15) is 0 Å². The smallest absolute Gasteiger partial charge is 0.0261 e. The lowest BCUT2D eigenvalue weighted by molar-refractivity contribution is 0.189. The van der Waals surface area contributed by atoms with E-state index >= 15 is 0 Å². The first kappa shape index (κ1) is 12.2. The van der Waals surface area contributed by atoms with Gasteiger partial charge in [-0.1, -0.05) is 20.8 Å². The summed E-state index contributed by atoms with van der Waals surface area (Å²) in [7, 11) is 2.17. The molecule has 0 spiro atoms. The van der Waals surface area contributed by atoms with Crippen LogP contribution in [-0.2, 0) is 0 Å². The van der Waals surface area contributed by atoms with Crippen molar-refractivity contribution in [2.75, 3.05) is 19.5 Å². The molecule has 0 saturated carbocycles. The third-order valence-corrected chi connectivity index (χ3v) is 3.05. The summed E-state index contributed by atoms with van der Waals surface area (Å²) in [4.78, 5) is 2.39. The Morgan fingerprint density at radius 3 is 2.00 bits per heavy atom. The predicted molar refractivity (Wildman–Crippen MR) is 56.8 cm³/mol. The van der Waals surface area contributed by atoms with Crippen LogP contribution in [0.4, 0.5) is 0 Å². The third-order valence-electron chi connectivity index (χ3n) is 2.52. The van der Waals surface area contributed by atoms with Crippen molar-refractivity contribution in [3.05, 3.63) is 0 Å². The summed E-state index contributed by atoms with van der Waals surface area (Å²) in [5.74, 6) is 2.07. The second kappa shape index (κ2) is 5.82. The lowest BCUT2D eigenvalue weighted by Gasteiger charge is -2.29. The normalized spacial score (nSPS) is 17.0. The van der Waals surface area contributed by atoms with Crippen LogP contribution in [0.15, 0.2) is 0 Å². The second-order valence-corrected chi connectivity index (χ2v) is 4.49. The van der Waals surface area contributed by atoms with Crippen LogP contribution in [0.1, 0.15) is 27.7 Å². The maximum atomic E-state index is 5.75. The average molecular weight is 192 g/mol. The summed E-state index contributed by atoms with van der Waals surface area (Å²) in [5, 5.41) is 0. The second-order valence-electron chi connectivity index (χ2n) is 4.18. The third kappa shape index (κ3) is 4.32. The van der Waals surface area contributed by atoms with E-state index in [9.17, 15) is 0 Å². The quantitative estimate of drug-likeness (QED) is 0.605. The van der Waals surface area contributed by atoms with Gasteiger partial charge < -0.3 is 4.90 Å². The Morgan fingerprint density at radius 1 is 1.17 bits per heavy atom. The average Bonchev–Trinajstić information content (AvgIpc) is 2.02. The molecule has 0 saturated heterocycles. The Morgan fingerprint density at radius 2 is 1.67 bits per heavy atom. The van der Waals surface area contributed by atoms with Crippen LogP contribution in [0.3, 0.4) is 0 Å². The van der Waals surface area contributed by atoms with Crippen molar-refractivity contribution in [1.29, 1.82) is 0 Å². The molecule has 0 rings (SSSR count). The highest BCUT2D eigenvalue weighted by atomic mass is 35.5. The molecule has 0 aromatic heterocycles. The SMILES string of the molecule is CC(CCl)CN(C)C(C)C(C)C. The van der Waals surface area contributed by atoms with Crippen LogP contribution in [0, 0.1) is 11.8 Å². The van der Waals surface area contributed by atoms with Crippen LogP contribution in [0.25, 0.3) is 0 Å². The molecule has 0 amide bonds. The molecule has 0 aromatic carbocycles. The van der Waals surface area contributed by atoms with Crippen molar-refractivity contribution in [2.45, 2.75) is 33.7 Å². The Balaban J connectivity index is 3.78. The van der Waals surface area contributed by atoms with Gasteiger partial charge in [-0.05, 0) is 25.8 Å². The van der Waals surface area contributed by atoms with Gasteiger partial charge in [-0.25, -0.2) is 0 Å². The van der Waals surface area contributed by atoms with Gasteiger partial charge in [0.05, 0.1) is 0 Å². The van der Waals surface area contributed by atoms with Crippen LogP contribution >= 0.6 is 11.6 Å². The number of alkyl halides is 1. The van der Waals surface area contributed by atoms with E-state index in [-0.39, 0.29) is 0 Å². The lowest BCUT2D eigenvalue weighted by Crippen LogP contribution is -2.36. The largest absolute Gasteiger partial charge is 0.303 e. The van der Waals surface area contributed by atoms with Gasteiger partial charge in [0.2, 0.25) is 0 Å². The lowest BCUT2D eigenvalue weighted by atomic mass is 10.0. The zero-order valence-electron chi connectivity index (χ0n) is 8.97. The van der Waals surface area contributed by atoms with Gasteiger partial charge in [-0.15, -0.1) is 11.6 Å². The molecule has 0 heterocycles. The first-order chi connectivity index (χ1) is 5.49. The van der Waals surface area contributed by atoms with Crippen molar-refractivity contribution >= 4 is 11.6 Å². The van der Waals surface area contributed by atoms with E-state index in [1.807, 2.05) is 0 Å². The van der Waals surface area contributed by atoms with E-state index in [4.69, 9.17) is 11.6 Å². The molecule has 2 atom stereocenters. The van der Waals surface area contributed by atoms with E-state index in [0.717, 1.165) is 18.3 Å². The van der Waals surface area contributed by atoms with Gasteiger partial charge >= 0.3 is 0 Å². The summed E-state index contributed by atoms with van der Waals surface area (Å²) in [5.41, 5.74) is 0. The van der Waals surface area contributed by atoms with Crippen molar-refractivity contribution in [2.24, 2.45) is 11.8 Å². The molecule has 2 unspecified atom stereocenters. The first-order valence-electron chi connectivity index (χ1n) is 4.75. The molecule has 0 radical (unpaired) electrons. The molecule has 1 nitrogen and oxygen atoms in total.